The highest BCUT2D eigenvalue weighted by molar-refractivity contribution is 5.79. The van der Waals surface area contributed by atoms with Crippen molar-refractivity contribution in [1.29, 1.82) is 0 Å². The topological polar surface area (TPSA) is 37.8 Å². The van der Waals surface area contributed by atoms with Gasteiger partial charge >= 0.3 is 0 Å². The molecule has 100 valence electrons. The molecule has 0 saturated heterocycles. The van der Waals surface area contributed by atoms with Crippen LogP contribution in [0, 0.1) is 0 Å². The van der Waals surface area contributed by atoms with Gasteiger partial charge in [0.25, 0.3) is 0 Å². The number of nitrogens with one attached hydrogen (secondary N) is 1. The van der Waals surface area contributed by atoms with E-state index < -0.39 is 0 Å². The molecule has 20 heavy (non-hydrogen) atoms. The van der Waals surface area contributed by atoms with Crippen LogP contribution in [0.4, 0.5) is 0 Å². The third-order valence-corrected chi connectivity index (χ3v) is 3.41. The first-order chi connectivity index (χ1) is 9.88. The quantitative estimate of drug-likeness (QED) is 0.784. The van der Waals surface area contributed by atoms with Gasteiger partial charge < -0.3 is 5.32 Å². The largest absolute Gasteiger partial charge is 0.307 e. The molecule has 3 heteroatoms. The van der Waals surface area contributed by atoms with Crippen LogP contribution in [-0.2, 0) is 0 Å². The Morgan fingerprint density at radius 1 is 1.00 bits per heavy atom. The number of hydrogen-bond donors (Lipinski definition) is 1. The lowest BCUT2D eigenvalue weighted by Crippen LogP contribution is -2.21. The van der Waals surface area contributed by atoms with Crippen LogP contribution in [0.2, 0.25) is 0 Å². The van der Waals surface area contributed by atoms with Gasteiger partial charge in [0.15, 0.2) is 0 Å². The third kappa shape index (κ3) is 2.53. The van der Waals surface area contributed by atoms with Gasteiger partial charge in [-0.15, -0.1) is 0 Å². The van der Waals surface area contributed by atoms with Gasteiger partial charge in [0, 0.05) is 24.0 Å². The zero-order chi connectivity index (χ0) is 13.8. The number of aromatic nitrogens is 2. The molecule has 0 bridgehead atoms. The molecule has 2 heterocycles. The summed E-state index contributed by atoms with van der Waals surface area (Å²) in [5.74, 6) is 0. The third-order valence-electron chi connectivity index (χ3n) is 3.41. The number of fused-ring (bicyclic) bond motifs is 1. The van der Waals surface area contributed by atoms with Gasteiger partial charge in [0.05, 0.1) is 11.6 Å². The second-order valence-corrected chi connectivity index (χ2v) is 4.73. The van der Waals surface area contributed by atoms with Crippen molar-refractivity contribution >= 4 is 10.9 Å². The van der Waals surface area contributed by atoms with Gasteiger partial charge in [-0.25, -0.2) is 0 Å². The summed E-state index contributed by atoms with van der Waals surface area (Å²) in [5.41, 5.74) is 3.48. The lowest BCUT2D eigenvalue weighted by Gasteiger charge is -2.19. The molecule has 3 nitrogen and oxygen atoms in total. The lowest BCUT2D eigenvalue weighted by atomic mass is 9.98. The Bertz CT molecular complexity index is 695. The van der Waals surface area contributed by atoms with Crippen molar-refractivity contribution in [3.63, 3.8) is 0 Å². The number of benzene rings is 1. The van der Waals surface area contributed by atoms with E-state index in [0.29, 0.717) is 0 Å². The van der Waals surface area contributed by atoms with Crippen LogP contribution in [0.5, 0.6) is 0 Å². The number of rotatable bonds is 4. The maximum atomic E-state index is 4.44. The zero-order valence-electron chi connectivity index (χ0n) is 11.5. The molecule has 3 rings (SSSR count). The van der Waals surface area contributed by atoms with Crippen LogP contribution < -0.4 is 5.32 Å². The van der Waals surface area contributed by atoms with Crippen molar-refractivity contribution in [2.75, 3.05) is 6.54 Å². The molecular weight excluding hydrogens is 246 g/mol. The number of nitrogens with zero attached hydrogens (tertiary/aromatic N) is 2. The second kappa shape index (κ2) is 5.80. The van der Waals surface area contributed by atoms with Crippen LogP contribution in [0.3, 0.4) is 0 Å². The van der Waals surface area contributed by atoms with E-state index in [1.54, 1.807) is 0 Å². The standard InChI is InChI=1S/C17H17N3/c1-2-19-17(14-7-10-18-11-8-14)15-6-5-13-4-3-9-20-16(13)12-15/h3-12,17,19H,2H2,1H3. The molecule has 0 spiro atoms. The van der Waals surface area contributed by atoms with E-state index in [1.165, 1.54) is 16.5 Å². The molecule has 1 unspecified atom stereocenters. The average Bonchev–Trinajstić information content (AvgIpc) is 2.53. The smallest absolute Gasteiger partial charge is 0.0705 e. The SMILES string of the molecule is CCNC(c1ccncc1)c1ccc2cccnc2c1. The summed E-state index contributed by atoms with van der Waals surface area (Å²) in [6, 6.07) is 14.8. The van der Waals surface area contributed by atoms with Crippen LogP contribution in [0.1, 0.15) is 24.1 Å². The van der Waals surface area contributed by atoms with Gasteiger partial charge in [-0.1, -0.05) is 25.1 Å². The van der Waals surface area contributed by atoms with E-state index in [1.807, 2.05) is 24.7 Å². The predicted octanol–water partition coefficient (Wildman–Crippen LogP) is 3.33. The number of pyridine rings is 2. The van der Waals surface area contributed by atoms with Gasteiger partial charge in [-0.05, 0) is 41.9 Å². The first-order valence-electron chi connectivity index (χ1n) is 6.86. The van der Waals surface area contributed by atoms with Crippen LogP contribution in [-0.4, -0.2) is 16.5 Å². The summed E-state index contributed by atoms with van der Waals surface area (Å²) in [4.78, 5) is 8.53. The molecular formula is C17H17N3. The molecule has 3 aromatic rings. The van der Waals surface area contributed by atoms with Crippen molar-refractivity contribution < 1.29 is 0 Å². The summed E-state index contributed by atoms with van der Waals surface area (Å²) in [6.45, 7) is 3.03. The number of hydrogen-bond acceptors (Lipinski definition) is 3. The maximum Gasteiger partial charge on any atom is 0.0705 e. The summed E-state index contributed by atoms with van der Waals surface area (Å²) < 4.78 is 0. The fourth-order valence-corrected chi connectivity index (χ4v) is 2.45. The Morgan fingerprint density at radius 3 is 2.65 bits per heavy atom. The van der Waals surface area contributed by atoms with Gasteiger partial charge in [-0.2, -0.15) is 0 Å². The molecule has 1 N–H and O–H groups in total. The Hall–Kier alpha value is -2.26. The van der Waals surface area contributed by atoms with Gasteiger partial charge in [0.1, 0.15) is 0 Å². The van der Waals surface area contributed by atoms with E-state index >= 15 is 0 Å². The molecule has 0 fully saturated rings. The predicted molar refractivity (Wildman–Crippen MR) is 81.5 cm³/mol. The van der Waals surface area contributed by atoms with Crippen molar-refractivity contribution in [2.24, 2.45) is 0 Å². The molecule has 1 atom stereocenters. The molecule has 0 radical (unpaired) electrons. The summed E-state index contributed by atoms with van der Waals surface area (Å²) in [7, 11) is 0. The molecule has 0 aliphatic heterocycles. The lowest BCUT2D eigenvalue weighted by molar-refractivity contribution is 0.630. The maximum absolute atomic E-state index is 4.44. The molecule has 1 aromatic carbocycles. The van der Waals surface area contributed by atoms with Gasteiger partial charge in [-0.3, -0.25) is 9.97 Å². The van der Waals surface area contributed by atoms with Gasteiger partial charge in [0.2, 0.25) is 0 Å². The Morgan fingerprint density at radius 2 is 1.85 bits per heavy atom. The van der Waals surface area contributed by atoms with Crippen LogP contribution >= 0.6 is 0 Å². The molecule has 0 saturated carbocycles. The van der Waals surface area contributed by atoms with Crippen molar-refractivity contribution in [2.45, 2.75) is 13.0 Å². The molecule has 0 aliphatic carbocycles. The minimum Gasteiger partial charge on any atom is -0.307 e. The summed E-state index contributed by atoms with van der Waals surface area (Å²) in [6.07, 6.45) is 5.50. The molecule has 0 amide bonds. The van der Waals surface area contributed by atoms with Crippen molar-refractivity contribution in [3.8, 4) is 0 Å². The van der Waals surface area contributed by atoms with Crippen molar-refractivity contribution in [3.05, 3.63) is 72.2 Å². The highest BCUT2D eigenvalue weighted by Crippen LogP contribution is 2.24. The van der Waals surface area contributed by atoms with E-state index in [9.17, 15) is 0 Å². The average molecular weight is 263 g/mol. The second-order valence-electron chi connectivity index (χ2n) is 4.73. The Labute approximate surface area is 118 Å². The molecule has 0 aliphatic rings. The molecule has 2 aromatic heterocycles. The first-order valence-corrected chi connectivity index (χ1v) is 6.86. The Kier molecular flexibility index (Phi) is 3.70. The fraction of sp³-hybridized carbons (Fsp3) is 0.176. The first kappa shape index (κ1) is 12.8. The highest BCUT2D eigenvalue weighted by Gasteiger charge is 2.13. The van der Waals surface area contributed by atoms with Crippen LogP contribution in [0.25, 0.3) is 10.9 Å². The minimum absolute atomic E-state index is 0.175. The van der Waals surface area contributed by atoms with E-state index in [2.05, 4.69) is 58.6 Å². The normalized spacial score (nSPS) is 12.4. The Balaban J connectivity index is 2.05. The highest BCUT2D eigenvalue weighted by atomic mass is 14.9. The monoisotopic (exact) mass is 263 g/mol. The minimum atomic E-state index is 0.175. The van der Waals surface area contributed by atoms with Crippen molar-refractivity contribution in [1.82, 2.24) is 15.3 Å². The fourth-order valence-electron chi connectivity index (χ4n) is 2.45. The summed E-state index contributed by atoms with van der Waals surface area (Å²) in [5, 5.41) is 4.69. The van der Waals surface area contributed by atoms with E-state index in [-0.39, 0.29) is 6.04 Å². The van der Waals surface area contributed by atoms with Crippen LogP contribution in [0.15, 0.2) is 61.1 Å². The zero-order valence-corrected chi connectivity index (χ0v) is 11.5. The van der Waals surface area contributed by atoms with E-state index in [0.717, 1.165) is 12.1 Å². The summed E-state index contributed by atoms with van der Waals surface area (Å²) >= 11 is 0. The van der Waals surface area contributed by atoms with E-state index in [4.69, 9.17) is 0 Å².